The maximum absolute atomic E-state index is 12.8. The summed E-state index contributed by atoms with van der Waals surface area (Å²) in [6, 6.07) is 22.2. The highest BCUT2D eigenvalue weighted by molar-refractivity contribution is 6.06. The fraction of sp³-hybridized carbons (Fsp3) is 0.182. The van der Waals surface area contributed by atoms with Crippen molar-refractivity contribution in [2.45, 2.75) is 12.8 Å². The second-order valence-electron chi connectivity index (χ2n) is 6.43. The third-order valence-corrected chi connectivity index (χ3v) is 4.70. The number of nitrogens with one attached hydrogen (secondary N) is 1. The number of pyridine rings is 1. The molecule has 0 fully saturated rings. The number of anilines is 2. The zero-order valence-corrected chi connectivity index (χ0v) is 14.6. The number of carbonyl (C=O) groups excluding carboxylic acids is 1. The number of carbonyl (C=O) groups is 1. The van der Waals surface area contributed by atoms with Crippen LogP contribution < -0.4 is 10.2 Å². The molecule has 26 heavy (non-hydrogen) atoms. The number of hydrogen-bond donors (Lipinski definition) is 1. The average molecular weight is 343 g/mol. The molecule has 2 aromatic carbocycles. The maximum Gasteiger partial charge on any atom is 0.276 e. The molecule has 2 heterocycles. The summed E-state index contributed by atoms with van der Waals surface area (Å²) in [5, 5.41) is 3.36. The molecule has 0 aliphatic carbocycles. The lowest BCUT2D eigenvalue weighted by atomic mass is 10.1. The molecule has 130 valence electrons. The Bertz CT molecular complexity index is 891. The third kappa shape index (κ3) is 3.45. The lowest BCUT2D eigenvalue weighted by molar-refractivity contribution is 0.0984. The Kier molecular flexibility index (Phi) is 4.65. The number of benzene rings is 2. The van der Waals surface area contributed by atoms with Crippen molar-refractivity contribution < 1.29 is 4.79 Å². The van der Waals surface area contributed by atoms with Gasteiger partial charge in [-0.25, -0.2) is 4.98 Å². The van der Waals surface area contributed by atoms with E-state index >= 15 is 0 Å². The molecule has 1 amide bonds. The van der Waals surface area contributed by atoms with Crippen LogP contribution in [0.25, 0.3) is 0 Å². The minimum atomic E-state index is -0.0363. The van der Waals surface area contributed by atoms with Gasteiger partial charge in [0, 0.05) is 18.8 Å². The molecule has 0 saturated carbocycles. The Morgan fingerprint density at radius 3 is 2.62 bits per heavy atom. The Labute approximate surface area is 153 Å². The van der Waals surface area contributed by atoms with E-state index in [1.54, 1.807) is 12.3 Å². The summed E-state index contributed by atoms with van der Waals surface area (Å²) in [5.74, 6) is -0.0363. The van der Waals surface area contributed by atoms with Gasteiger partial charge in [0.1, 0.15) is 5.69 Å². The van der Waals surface area contributed by atoms with Crippen molar-refractivity contribution in [3.8, 4) is 0 Å². The third-order valence-electron chi connectivity index (χ3n) is 4.70. The van der Waals surface area contributed by atoms with Gasteiger partial charge in [-0.1, -0.05) is 48.5 Å². The predicted molar refractivity (Wildman–Crippen MR) is 105 cm³/mol. The fourth-order valence-electron chi connectivity index (χ4n) is 3.31. The number of nitrogens with zero attached hydrogens (tertiary/aromatic N) is 2. The van der Waals surface area contributed by atoms with Crippen LogP contribution >= 0.6 is 0 Å². The quantitative estimate of drug-likeness (QED) is 0.763. The SMILES string of the molecule is O=C(c1ccc(NCCc2ccccc2)cn1)N1CCc2ccccc21. The zero-order chi connectivity index (χ0) is 17.8. The molecule has 1 N–H and O–H groups in total. The van der Waals surface area contributed by atoms with E-state index in [1.807, 2.05) is 47.4 Å². The van der Waals surface area contributed by atoms with Crippen LogP contribution in [0.1, 0.15) is 21.6 Å². The summed E-state index contributed by atoms with van der Waals surface area (Å²) in [5.41, 5.74) is 4.94. The van der Waals surface area contributed by atoms with Crippen LogP contribution in [0.3, 0.4) is 0 Å². The molecule has 0 radical (unpaired) electrons. The molecule has 1 aliphatic rings. The molecular weight excluding hydrogens is 322 g/mol. The highest BCUT2D eigenvalue weighted by Crippen LogP contribution is 2.28. The van der Waals surface area contributed by atoms with E-state index in [1.165, 1.54) is 11.1 Å². The summed E-state index contributed by atoms with van der Waals surface area (Å²) in [6.07, 6.45) is 3.59. The van der Waals surface area contributed by atoms with E-state index in [0.29, 0.717) is 5.69 Å². The van der Waals surface area contributed by atoms with Crippen molar-refractivity contribution in [2.24, 2.45) is 0 Å². The number of rotatable bonds is 5. The van der Waals surface area contributed by atoms with Gasteiger partial charge in [-0.2, -0.15) is 0 Å². The van der Waals surface area contributed by atoms with Crippen molar-refractivity contribution in [2.75, 3.05) is 23.3 Å². The van der Waals surface area contributed by atoms with E-state index < -0.39 is 0 Å². The molecule has 0 bridgehead atoms. The van der Waals surface area contributed by atoms with Crippen molar-refractivity contribution >= 4 is 17.3 Å². The van der Waals surface area contributed by atoms with Gasteiger partial charge in [0.15, 0.2) is 0 Å². The zero-order valence-electron chi connectivity index (χ0n) is 14.6. The first-order chi connectivity index (χ1) is 12.8. The van der Waals surface area contributed by atoms with E-state index in [4.69, 9.17) is 0 Å². The predicted octanol–water partition coefficient (Wildman–Crippen LogP) is 3.94. The van der Waals surface area contributed by atoms with Crippen LogP contribution in [0.4, 0.5) is 11.4 Å². The van der Waals surface area contributed by atoms with Crippen LogP contribution in [0.15, 0.2) is 72.9 Å². The standard InChI is InChI=1S/C22H21N3O/c26-22(25-15-13-18-8-4-5-9-21(18)25)20-11-10-19(16-24-20)23-14-12-17-6-2-1-3-7-17/h1-11,16,23H,12-15H2. The normalized spacial score (nSPS) is 12.7. The van der Waals surface area contributed by atoms with Gasteiger partial charge >= 0.3 is 0 Å². The van der Waals surface area contributed by atoms with E-state index in [9.17, 15) is 4.79 Å². The number of fused-ring (bicyclic) bond motifs is 1. The molecule has 4 heteroatoms. The minimum absolute atomic E-state index is 0.0363. The van der Waals surface area contributed by atoms with Crippen LogP contribution in [0, 0.1) is 0 Å². The molecule has 4 rings (SSSR count). The smallest absolute Gasteiger partial charge is 0.276 e. The van der Waals surface area contributed by atoms with Gasteiger partial charge in [0.2, 0.25) is 0 Å². The summed E-state index contributed by atoms with van der Waals surface area (Å²) >= 11 is 0. The second kappa shape index (κ2) is 7.40. The van der Waals surface area contributed by atoms with E-state index in [2.05, 4.69) is 28.5 Å². The van der Waals surface area contributed by atoms with Gasteiger partial charge in [-0.05, 0) is 42.2 Å². The molecular formula is C22H21N3O. The lowest BCUT2D eigenvalue weighted by Crippen LogP contribution is -2.29. The Morgan fingerprint density at radius 1 is 1.00 bits per heavy atom. The van der Waals surface area contributed by atoms with Gasteiger partial charge in [0.05, 0.1) is 11.9 Å². The topological polar surface area (TPSA) is 45.2 Å². The molecule has 3 aromatic rings. The first kappa shape index (κ1) is 16.3. The van der Waals surface area contributed by atoms with Crippen LogP contribution in [0.5, 0.6) is 0 Å². The molecule has 0 atom stereocenters. The largest absolute Gasteiger partial charge is 0.383 e. The fourth-order valence-corrected chi connectivity index (χ4v) is 3.31. The summed E-state index contributed by atoms with van der Waals surface area (Å²) < 4.78 is 0. The monoisotopic (exact) mass is 343 g/mol. The average Bonchev–Trinajstić information content (AvgIpc) is 3.13. The van der Waals surface area contributed by atoms with Crippen molar-refractivity contribution in [1.29, 1.82) is 0 Å². The number of hydrogen-bond acceptors (Lipinski definition) is 3. The first-order valence-electron chi connectivity index (χ1n) is 8.95. The van der Waals surface area contributed by atoms with Gasteiger partial charge < -0.3 is 10.2 Å². The summed E-state index contributed by atoms with van der Waals surface area (Å²) in [6.45, 7) is 1.55. The minimum Gasteiger partial charge on any atom is -0.383 e. The Morgan fingerprint density at radius 2 is 1.81 bits per heavy atom. The van der Waals surface area contributed by atoms with Crippen molar-refractivity contribution in [3.63, 3.8) is 0 Å². The van der Waals surface area contributed by atoms with Crippen molar-refractivity contribution in [1.82, 2.24) is 4.98 Å². The van der Waals surface area contributed by atoms with Gasteiger partial charge in [-0.3, -0.25) is 4.79 Å². The number of aromatic nitrogens is 1. The molecule has 0 unspecified atom stereocenters. The van der Waals surface area contributed by atoms with Gasteiger partial charge in [-0.15, -0.1) is 0 Å². The second-order valence-corrected chi connectivity index (χ2v) is 6.43. The summed E-state index contributed by atoms with van der Waals surface area (Å²) in [4.78, 5) is 19.0. The Hall–Kier alpha value is -3.14. The van der Waals surface area contributed by atoms with E-state index in [0.717, 1.165) is 37.3 Å². The van der Waals surface area contributed by atoms with Crippen molar-refractivity contribution in [3.05, 3.63) is 89.7 Å². The molecule has 1 aliphatic heterocycles. The molecule has 4 nitrogen and oxygen atoms in total. The van der Waals surface area contributed by atoms with Crippen LogP contribution in [0.2, 0.25) is 0 Å². The molecule has 0 spiro atoms. The highest BCUT2D eigenvalue weighted by Gasteiger charge is 2.25. The summed E-state index contributed by atoms with van der Waals surface area (Å²) in [7, 11) is 0. The first-order valence-corrected chi connectivity index (χ1v) is 8.95. The maximum atomic E-state index is 12.8. The molecule has 0 saturated heterocycles. The Balaban J connectivity index is 1.38. The van der Waals surface area contributed by atoms with E-state index in [-0.39, 0.29) is 5.91 Å². The van der Waals surface area contributed by atoms with Crippen LogP contribution in [-0.2, 0) is 12.8 Å². The molecule has 1 aromatic heterocycles. The van der Waals surface area contributed by atoms with Crippen LogP contribution in [-0.4, -0.2) is 24.0 Å². The highest BCUT2D eigenvalue weighted by atomic mass is 16.2. The van der Waals surface area contributed by atoms with Gasteiger partial charge in [0.25, 0.3) is 5.91 Å². The number of para-hydroxylation sites is 1. The lowest BCUT2D eigenvalue weighted by Gasteiger charge is -2.17. The number of amides is 1.